The van der Waals surface area contributed by atoms with E-state index in [4.69, 9.17) is 4.99 Å². The van der Waals surface area contributed by atoms with Crippen LogP contribution in [0.4, 0.5) is 0 Å². The van der Waals surface area contributed by atoms with Gasteiger partial charge in [0.15, 0.2) is 0 Å². The molecule has 6 aliphatic heterocycles. The van der Waals surface area contributed by atoms with Crippen LogP contribution in [0.25, 0.3) is 5.57 Å². The van der Waals surface area contributed by atoms with E-state index in [1.807, 2.05) is 0 Å². The zero-order valence-electron chi connectivity index (χ0n) is 24.9. The Balaban J connectivity index is 1.34. The summed E-state index contributed by atoms with van der Waals surface area (Å²) in [6.45, 7) is 4.85. The van der Waals surface area contributed by atoms with E-state index in [-0.39, 0.29) is 17.4 Å². The van der Waals surface area contributed by atoms with Crippen LogP contribution in [0.1, 0.15) is 70.6 Å². The molecule has 0 radical (unpaired) electrons. The van der Waals surface area contributed by atoms with Crippen molar-refractivity contribution in [2.75, 3.05) is 32.7 Å². The van der Waals surface area contributed by atoms with Crippen LogP contribution in [0.3, 0.4) is 0 Å². The highest BCUT2D eigenvalue weighted by Gasteiger charge is 2.66. The number of para-hydroxylation sites is 1. The van der Waals surface area contributed by atoms with E-state index in [0.717, 1.165) is 87.0 Å². The molecule has 2 saturated heterocycles. The van der Waals surface area contributed by atoms with Gasteiger partial charge in [-0.05, 0) is 119 Å². The van der Waals surface area contributed by atoms with E-state index < -0.39 is 5.60 Å². The maximum atomic E-state index is 13.1. The third-order valence-corrected chi connectivity index (χ3v) is 11.5. The van der Waals surface area contributed by atoms with Gasteiger partial charge in [-0.15, -0.1) is 0 Å². The average Bonchev–Trinajstić information content (AvgIpc) is 3.49. The average molecular weight is 567 g/mol. The molecule has 8 rings (SSSR count). The van der Waals surface area contributed by atoms with Gasteiger partial charge in [0.1, 0.15) is 0 Å². The van der Waals surface area contributed by atoms with Crippen LogP contribution in [-0.4, -0.2) is 75.6 Å². The lowest BCUT2D eigenvalue weighted by Gasteiger charge is -2.58. The van der Waals surface area contributed by atoms with Crippen LogP contribution in [0.15, 0.2) is 76.6 Å². The lowest BCUT2D eigenvalue weighted by Crippen LogP contribution is -2.66. The minimum absolute atomic E-state index is 0.0750. The zero-order valence-corrected chi connectivity index (χ0v) is 24.9. The van der Waals surface area contributed by atoms with Crippen LogP contribution < -0.4 is 10.6 Å². The smallest absolute Gasteiger partial charge is 0.0998 e. The van der Waals surface area contributed by atoms with Gasteiger partial charge in [0, 0.05) is 29.8 Å². The summed E-state index contributed by atoms with van der Waals surface area (Å²) in [6.07, 6.45) is 23.4. The van der Waals surface area contributed by atoms with E-state index in [0.29, 0.717) is 19.0 Å². The lowest BCUT2D eigenvalue weighted by atomic mass is 9.54. The second-order valence-electron chi connectivity index (χ2n) is 14.0. The van der Waals surface area contributed by atoms with Crippen LogP contribution in [0.2, 0.25) is 0 Å². The van der Waals surface area contributed by atoms with Crippen molar-refractivity contribution in [3.8, 4) is 0 Å². The molecule has 42 heavy (non-hydrogen) atoms. The molecular weight excluding hydrogens is 520 g/mol. The van der Waals surface area contributed by atoms with Crippen molar-refractivity contribution in [1.82, 2.24) is 14.9 Å². The van der Waals surface area contributed by atoms with Crippen molar-refractivity contribution in [1.29, 1.82) is 0 Å². The molecule has 0 aromatic heterocycles. The van der Waals surface area contributed by atoms with Gasteiger partial charge in [-0.25, -0.2) is 4.99 Å². The van der Waals surface area contributed by atoms with Crippen molar-refractivity contribution >= 4 is 5.57 Å². The van der Waals surface area contributed by atoms with Gasteiger partial charge >= 0.3 is 0 Å². The lowest BCUT2D eigenvalue weighted by molar-refractivity contribution is -0.102. The number of hydroxylamine groups is 2. The predicted octanol–water partition coefficient (Wildman–Crippen LogP) is 4.46. The minimum Gasteiger partial charge on any atom is -0.384 e. The molecule has 2 N–H and O–H groups in total. The normalized spacial score (nSPS) is 39.7. The molecule has 2 fully saturated rings. The first-order chi connectivity index (χ1) is 20.6. The Labute approximate surface area is 250 Å². The topological polar surface area (TPSA) is 62.5 Å². The van der Waals surface area contributed by atoms with Gasteiger partial charge < -0.3 is 10.0 Å². The van der Waals surface area contributed by atoms with E-state index in [2.05, 4.69) is 64.4 Å². The van der Waals surface area contributed by atoms with E-state index in [9.17, 15) is 10.3 Å². The van der Waals surface area contributed by atoms with Crippen molar-refractivity contribution in [2.45, 2.75) is 88.3 Å². The Morgan fingerprint density at radius 1 is 0.905 bits per heavy atom. The molecule has 1 spiro atoms. The maximum Gasteiger partial charge on any atom is 0.0998 e. The third kappa shape index (κ3) is 4.24. The van der Waals surface area contributed by atoms with E-state index in [1.54, 1.807) is 0 Å². The molecule has 6 heteroatoms. The van der Waals surface area contributed by atoms with Gasteiger partial charge in [0.2, 0.25) is 0 Å². The summed E-state index contributed by atoms with van der Waals surface area (Å²) in [5, 5.41) is 28.4. The van der Waals surface area contributed by atoms with Crippen LogP contribution in [-0.2, 0) is 0 Å². The Kier molecular flexibility index (Phi) is 6.82. The highest BCUT2D eigenvalue weighted by molar-refractivity contribution is 5.71. The van der Waals surface area contributed by atoms with Gasteiger partial charge in [-0.3, -0.25) is 15.2 Å². The number of hydrogen-bond donors (Lipinski definition) is 2. The molecule has 6 nitrogen and oxygen atoms in total. The first-order valence-corrected chi connectivity index (χ1v) is 16.7. The van der Waals surface area contributed by atoms with Crippen molar-refractivity contribution < 1.29 is 10.3 Å². The summed E-state index contributed by atoms with van der Waals surface area (Å²) in [6, 6.07) is 8.85. The first kappa shape index (κ1) is 27.1. The quantitative estimate of drug-likeness (QED) is 0.492. The highest BCUT2D eigenvalue weighted by atomic mass is 16.5. The van der Waals surface area contributed by atoms with Crippen LogP contribution in [0, 0.1) is 11.3 Å². The number of benzene rings is 1. The standard InChI is InChI=1S/C36H46N4O2/c41-36-18-10-4-1-2-5-11-19-38-21-17-30(35(25-38)23-26-13-7-3-6-12-20-39(26)34(35)36)29(24-36)33-32-28(16-22-40(33)42)27-14-8-9-15-31(27)37-32/h1,4,7-9,13-15,24,26,30,34,41-42H,2-3,5-6,10-12,16-23,25H2/b4-1-,13-7-/t26-,30?,34+,35-,36-/m0/s1. The summed E-state index contributed by atoms with van der Waals surface area (Å²) < 4.78 is 0. The fourth-order valence-corrected chi connectivity index (χ4v) is 9.92. The molecule has 2 unspecified atom stereocenters. The maximum absolute atomic E-state index is 13.1. The molecule has 6 atom stereocenters. The predicted molar refractivity (Wildman–Crippen MR) is 165 cm³/mol. The highest BCUT2D eigenvalue weighted by Crippen LogP contribution is 2.61. The molecule has 3 bridgehead atoms. The van der Waals surface area contributed by atoms with Gasteiger partial charge in [0.05, 0.1) is 28.4 Å². The fraction of sp³-hybridized carbons (Fsp3) is 0.583. The van der Waals surface area contributed by atoms with Gasteiger partial charge in [-0.1, -0.05) is 42.5 Å². The molecule has 1 aliphatic carbocycles. The van der Waals surface area contributed by atoms with Crippen molar-refractivity contribution in [3.63, 3.8) is 0 Å². The first-order valence-electron chi connectivity index (χ1n) is 16.7. The second kappa shape index (κ2) is 10.6. The largest absolute Gasteiger partial charge is 0.384 e. The van der Waals surface area contributed by atoms with E-state index >= 15 is 0 Å². The van der Waals surface area contributed by atoms with Crippen molar-refractivity contribution in [3.05, 3.63) is 82.2 Å². The number of fused-ring (bicyclic) bond motifs is 4. The molecule has 1 aromatic carbocycles. The third-order valence-electron chi connectivity index (χ3n) is 11.5. The zero-order chi connectivity index (χ0) is 28.3. The molecule has 222 valence electrons. The minimum atomic E-state index is -0.980. The van der Waals surface area contributed by atoms with Crippen LogP contribution in [0.5, 0.6) is 0 Å². The Hall–Kier alpha value is -2.51. The van der Waals surface area contributed by atoms with E-state index in [1.165, 1.54) is 41.5 Å². The molecule has 0 amide bonds. The number of piperidine rings is 1. The summed E-state index contributed by atoms with van der Waals surface area (Å²) in [7, 11) is 0. The molecule has 7 aliphatic rings. The van der Waals surface area contributed by atoms with Crippen LogP contribution >= 0.6 is 0 Å². The van der Waals surface area contributed by atoms with Crippen molar-refractivity contribution in [2.24, 2.45) is 16.3 Å². The number of nitrogens with zero attached hydrogens (tertiary/aromatic N) is 4. The Morgan fingerprint density at radius 3 is 2.67 bits per heavy atom. The molecule has 6 heterocycles. The fourth-order valence-electron chi connectivity index (χ4n) is 9.92. The summed E-state index contributed by atoms with van der Waals surface area (Å²) in [5.41, 5.74) is 3.13. The summed E-state index contributed by atoms with van der Waals surface area (Å²) in [4.78, 5) is 10.6. The Bertz CT molecular complexity index is 1490. The molecular formula is C36H46N4O2. The monoisotopic (exact) mass is 566 g/mol. The number of allylic oxidation sites excluding steroid dienone is 5. The van der Waals surface area contributed by atoms with Gasteiger partial charge in [0.25, 0.3) is 0 Å². The SMILES string of the molecule is ON1CCC2=c3ccccc3=NC2=C1C1=C[C@@]2(O)CC/C=C\CCCCN3CCC1[C@]1(C[C@@H]4/C=C\CCCCN4[C@H]12)C3. The molecule has 0 saturated carbocycles. The molecule has 1 aromatic rings. The van der Waals surface area contributed by atoms with Gasteiger partial charge in [-0.2, -0.15) is 0 Å². The summed E-state index contributed by atoms with van der Waals surface area (Å²) >= 11 is 0. The summed E-state index contributed by atoms with van der Waals surface area (Å²) in [5.74, 6) is 0.275. The second-order valence-corrected chi connectivity index (χ2v) is 14.0. The Morgan fingerprint density at radius 2 is 1.74 bits per heavy atom. The number of rotatable bonds is 1. The number of aliphatic hydroxyl groups is 1. The number of hydrogen-bond acceptors (Lipinski definition) is 6.